The largest absolute Gasteiger partial charge is 0.480 e. The molecule has 1 aliphatic carbocycles. The Morgan fingerprint density at radius 2 is 2.40 bits per heavy atom. The van der Waals surface area contributed by atoms with Crippen LogP contribution in [0.1, 0.15) is 6.42 Å². The molecule has 4 heteroatoms. The minimum Gasteiger partial charge on any atom is -0.480 e. The molecule has 0 amide bonds. The first-order valence-corrected chi connectivity index (χ1v) is 2.59. The lowest BCUT2D eigenvalue weighted by molar-refractivity contribution is -0.139. The lowest BCUT2D eigenvalue weighted by atomic mass is 10.2. The van der Waals surface area contributed by atoms with Gasteiger partial charge in [-0.15, -0.1) is 24.8 Å². The molecule has 0 radical (unpaired) electrons. The van der Waals surface area contributed by atoms with Crippen molar-refractivity contribution in [2.45, 2.75) is 12.0 Å². The van der Waals surface area contributed by atoms with E-state index in [0.29, 0.717) is 6.42 Å². The molecule has 0 aromatic heterocycles. The van der Waals surface area contributed by atoms with Gasteiger partial charge in [-0.05, 0) is 6.42 Å². The van der Waals surface area contributed by atoms with Gasteiger partial charge in [-0.1, -0.05) is 0 Å². The van der Waals surface area contributed by atoms with Gasteiger partial charge in [0.25, 0.3) is 0 Å². The second-order valence-electron chi connectivity index (χ2n) is 2.27. The zero-order valence-electron chi connectivity index (χ0n) is 5.20. The SMILES string of the molecule is C#C[C@@H]1C[C@]1(N)C(=O)O.Cl. The van der Waals surface area contributed by atoms with E-state index in [0.717, 1.165) is 0 Å². The van der Waals surface area contributed by atoms with Crippen LogP contribution < -0.4 is 5.73 Å². The molecule has 1 rings (SSSR count). The lowest BCUT2D eigenvalue weighted by Crippen LogP contribution is -2.34. The number of nitrogens with two attached hydrogens (primary N) is 1. The number of hydrogen-bond acceptors (Lipinski definition) is 2. The predicted octanol–water partition coefficient (Wildman–Crippen LogP) is -0.157. The summed E-state index contributed by atoms with van der Waals surface area (Å²) in [6.45, 7) is 0. The van der Waals surface area contributed by atoms with Crippen LogP contribution in [0.4, 0.5) is 0 Å². The monoisotopic (exact) mass is 161 g/mol. The Hall–Kier alpha value is -0.720. The molecule has 0 bridgehead atoms. The van der Waals surface area contributed by atoms with E-state index in [9.17, 15) is 4.79 Å². The summed E-state index contributed by atoms with van der Waals surface area (Å²) < 4.78 is 0. The molecule has 0 aromatic rings. The van der Waals surface area contributed by atoms with E-state index in [4.69, 9.17) is 17.3 Å². The van der Waals surface area contributed by atoms with Crippen LogP contribution >= 0.6 is 12.4 Å². The number of terminal acetylenes is 1. The molecular formula is C6H8ClNO2. The first-order valence-electron chi connectivity index (χ1n) is 2.59. The Morgan fingerprint density at radius 1 is 1.90 bits per heavy atom. The fourth-order valence-electron chi connectivity index (χ4n) is 0.723. The Labute approximate surface area is 65.0 Å². The Balaban J connectivity index is 0.000000810. The number of rotatable bonds is 1. The van der Waals surface area contributed by atoms with Gasteiger partial charge in [-0.25, -0.2) is 0 Å². The summed E-state index contributed by atoms with van der Waals surface area (Å²) in [5.74, 6) is 1.06. The molecule has 0 spiro atoms. The van der Waals surface area contributed by atoms with Crippen molar-refractivity contribution >= 4 is 18.4 Å². The summed E-state index contributed by atoms with van der Waals surface area (Å²) in [5.41, 5.74) is 4.20. The van der Waals surface area contributed by atoms with Crippen molar-refractivity contribution < 1.29 is 9.90 Å². The second-order valence-corrected chi connectivity index (χ2v) is 2.27. The number of hydrogen-bond donors (Lipinski definition) is 2. The minimum absolute atomic E-state index is 0. The summed E-state index contributed by atoms with van der Waals surface area (Å²) in [6.07, 6.45) is 5.37. The lowest BCUT2D eigenvalue weighted by Gasteiger charge is -1.98. The molecule has 56 valence electrons. The molecule has 3 N–H and O–H groups in total. The molecule has 0 unspecified atom stereocenters. The smallest absolute Gasteiger partial charge is 0.325 e. The first kappa shape index (κ1) is 9.28. The highest BCUT2D eigenvalue weighted by molar-refractivity contribution is 5.85. The standard InChI is InChI=1S/C6H7NO2.ClH/c1-2-4-3-6(4,7)5(8)9;/h1,4H,3,7H2,(H,8,9);1H/t4-,6-;/m1./s1. The second kappa shape index (κ2) is 2.49. The molecule has 1 aliphatic rings. The number of carboxylic acid groups (broad SMARTS) is 1. The van der Waals surface area contributed by atoms with Crippen molar-refractivity contribution in [1.82, 2.24) is 0 Å². The number of carboxylic acids is 1. The maximum Gasteiger partial charge on any atom is 0.325 e. The summed E-state index contributed by atoms with van der Waals surface area (Å²) >= 11 is 0. The highest BCUT2D eigenvalue weighted by atomic mass is 35.5. The molecule has 1 saturated carbocycles. The van der Waals surface area contributed by atoms with Gasteiger partial charge in [-0.2, -0.15) is 0 Å². The Bertz CT molecular complexity index is 198. The predicted molar refractivity (Wildman–Crippen MR) is 38.7 cm³/mol. The maximum absolute atomic E-state index is 10.2. The summed E-state index contributed by atoms with van der Waals surface area (Å²) in [5, 5.41) is 8.39. The van der Waals surface area contributed by atoms with Crippen LogP contribution in [0.15, 0.2) is 0 Å². The van der Waals surface area contributed by atoms with Crippen molar-refractivity contribution in [3.63, 3.8) is 0 Å². The fraction of sp³-hybridized carbons (Fsp3) is 0.500. The fourth-order valence-corrected chi connectivity index (χ4v) is 0.723. The zero-order valence-corrected chi connectivity index (χ0v) is 6.02. The van der Waals surface area contributed by atoms with Crippen molar-refractivity contribution in [3.8, 4) is 12.3 Å². The van der Waals surface area contributed by atoms with E-state index >= 15 is 0 Å². The van der Waals surface area contributed by atoms with E-state index < -0.39 is 11.5 Å². The molecular weight excluding hydrogens is 154 g/mol. The van der Waals surface area contributed by atoms with Gasteiger partial charge in [0.1, 0.15) is 5.54 Å². The molecule has 1 fully saturated rings. The van der Waals surface area contributed by atoms with Gasteiger partial charge in [0.2, 0.25) is 0 Å². The third kappa shape index (κ3) is 1.08. The van der Waals surface area contributed by atoms with Gasteiger partial charge >= 0.3 is 5.97 Å². The minimum atomic E-state index is -1.10. The highest BCUT2D eigenvalue weighted by Gasteiger charge is 2.56. The van der Waals surface area contributed by atoms with E-state index in [1.807, 2.05) is 0 Å². The van der Waals surface area contributed by atoms with Crippen LogP contribution in [0.5, 0.6) is 0 Å². The van der Waals surface area contributed by atoms with Gasteiger partial charge in [-0.3, -0.25) is 4.79 Å². The van der Waals surface area contributed by atoms with Crippen LogP contribution in [0.2, 0.25) is 0 Å². The molecule has 3 nitrogen and oxygen atoms in total. The Morgan fingerprint density at radius 3 is 2.50 bits per heavy atom. The van der Waals surface area contributed by atoms with Crippen LogP contribution in [-0.4, -0.2) is 16.6 Å². The van der Waals surface area contributed by atoms with E-state index in [1.165, 1.54) is 0 Å². The summed E-state index contributed by atoms with van der Waals surface area (Å²) in [4.78, 5) is 10.2. The van der Waals surface area contributed by atoms with Crippen LogP contribution in [0, 0.1) is 18.3 Å². The molecule has 0 saturated heterocycles. The number of aliphatic carboxylic acids is 1. The zero-order chi connectivity index (χ0) is 7.07. The van der Waals surface area contributed by atoms with Gasteiger partial charge in [0, 0.05) is 0 Å². The van der Waals surface area contributed by atoms with Crippen LogP contribution in [0.25, 0.3) is 0 Å². The highest BCUT2D eigenvalue weighted by Crippen LogP contribution is 2.40. The Kier molecular flexibility index (Phi) is 2.31. The quantitative estimate of drug-likeness (QED) is 0.526. The number of carbonyl (C=O) groups is 1. The van der Waals surface area contributed by atoms with Gasteiger partial charge in [0.15, 0.2) is 0 Å². The topological polar surface area (TPSA) is 63.3 Å². The average Bonchev–Trinajstić information content (AvgIpc) is 2.44. The summed E-state index contributed by atoms with van der Waals surface area (Å²) in [7, 11) is 0. The van der Waals surface area contributed by atoms with Gasteiger partial charge in [0.05, 0.1) is 5.92 Å². The molecule has 10 heavy (non-hydrogen) atoms. The molecule has 0 aliphatic heterocycles. The first-order chi connectivity index (χ1) is 4.11. The van der Waals surface area contributed by atoms with Crippen LogP contribution in [-0.2, 0) is 4.79 Å². The third-order valence-corrected chi connectivity index (χ3v) is 1.60. The van der Waals surface area contributed by atoms with Gasteiger partial charge < -0.3 is 10.8 Å². The van der Waals surface area contributed by atoms with Crippen LogP contribution in [0.3, 0.4) is 0 Å². The van der Waals surface area contributed by atoms with Crippen molar-refractivity contribution in [3.05, 3.63) is 0 Å². The summed E-state index contributed by atoms with van der Waals surface area (Å²) in [6, 6.07) is 0. The van der Waals surface area contributed by atoms with E-state index in [-0.39, 0.29) is 18.3 Å². The average molecular weight is 162 g/mol. The third-order valence-electron chi connectivity index (χ3n) is 1.60. The van der Waals surface area contributed by atoms with E-state index in [1.54, 1.807) is 0 Å². The van der Waals surface area contributed by atoms with Crippen molar-refractivity contribution in [2.24, 2.45) is 11.7 Å². The normalized spacial score (nSPS) is 35.4. The molecule has 0 heterocycles. The van der Waals surface area contributed by atoms with E-state index in [2.05, 4.69) is 5.92 Å². The van der Waals surface area contributed by atoms with Crippen molar-refractivity contribution in [2.75, 3.05) is 0 Å². The van der Waals surface area contributed by atoms with Crippen molar-refractivity contribution in [1.29, 1.82) is 0 Å². The molecule has 0 aromatic carbocycles. The maximum atomic E-state index is 10.2. The number of halogens is 1. The molecule has 2 atom stereocenters.